The maximum atomic E-state index is 10.6. The van der Waals surface area contributed by atoms with Crippen LogP contribution in [0.4, 0.5) is 5.82 Å². The van der Waals surface area contributed by atoms with Gasteiger partial charge in [0, 0.05) is 11.8 Å². The van der Waals surface area contributed by atoms with Gasteiger partial charge in [-0.05, 0) is 4.92 Å². The van der Waals surface area contributed by atoms with E-state index in [1.165, 1.54) is 4.57 Å². The van der Waals surface area contributed by atoms with Crippen LogP contribution in [0.25, 0.3) is 0 Å². The molecule has 0 radical (unpaired) electrons. The van der Waals surface area contributed by atoms with Crippen molar-refractivity contribution < 1.29 is 14.6 Å². The van der Waals surface area contributed by atoms with E-state index in [0.29, 0.717) is 5.82 Å². The van der Waals surface area contributed by atoms with Crippen LogP contribution in [0.1, 0.15) is 5.82 Å². The Morgan fingerprint density at radius 2 is 2.19 bits per heavy atom. The third kappa shape index (κ3) is 2.98. The zero-order valence-electron chi connectivity index (χ0n) is 8.53. The van der Waals surface area contributed by atoms with Crippen molar-refractivity contribution in [3.8, 4) is 0 Å². The number of ether oxygens (including phenoxy) is 1. The highest BCUT2D eigenvalue weighted by Gasteiger charge is 2.16. The number of aromatic nitrogens is 2. The molecule has 0 aliphatic rings. The molecule has 1 aromatic heterocycles. The fourth-order valence-electron chi connectivity index (χ4n) is 1.17. The number of imidazole rings is 1. The normalized spacial score (nSPS) is 10.3. The van der Waals surface area contributed by atoms with Crippen LogP contribution in [0.15, 0.2) is 6.20 Å². The molecule has 1 rings (SSSR count). The largest absolute Gasteiger partial charge is 0.358 e. The Kier molecular flexibility index (Phi) is 3.89. The third-order valence-corrected chi connectivity index (χ3v) is 1.88. The topological polar surface area (TPSA) is 113 Å². The number of hydrogen-bond acceptors (Lipinski definition) is 6. The van der Waals surface area contributed by atoms with Crippen molar-refractivity contribution in [3.63, 3.8) is 0 Å². The monoisotopic (exact) mass is 230 g/mol. The van der Waals surface area contributed by atoms with Crippen molar-refractivity contribution in [2.24, 2.45) is 0 Å². The van der Waals surface area contributed by atoms with Gasteiger partial charge in [-0.2, -0.15) is 0 Å². The molecular weight excluding hydrogens is 220 g/mol. The minimum absolute atomic E-state index is 0.0268. The first-order chi connectivity index (χ1) is 7.52. The zero-order chi connectivity index (χ0) is 12.1. The van der Waals surface area contributed by atoms with E-state index in [0.717, 1.165) is 6.20 Å². The van der Waals surface area contributed by atoms with Gasteiger partial charge in [0.2, 0.25) is 0 Å². The molecule has 0 spiro atoms. The SMILES string of the molecule is Cc1ncc([N+](=O)[O-])n1CCOC[N+](=O)[O-]. The van der Waals surface area contributed by atoms with Crippen LogP contribution in [-0.4, -0.2) is 32.7 Å². The first kappa shape index (κ1) is 12.0. The zero-order valence-corrected chi connectivity index (χ0v) is 8.53. The molecule has 0 bridgehead atoms. The van der Waals surface area contributed by atoms with Crippen molar-refractivity contribution in [2.45, 2.75) is 13.5 Å². The Morgan fingerprint density at radius 3 is 2.75 bits per heavy atom. The maximum absolute atomic E-state index is 10.6. The van der Waals surface area contributed by atoms with Gasteiger partial charge in [-0.25, -0.2) is 9.55 Å². The van der Waals surface area contributed by atoms with E-state index in [1.807, 2.05) is 0 Å². The lowest BCUT2D eigenvalue weighted by molar-refractivity contribution is -0.526. The lowest BCUT2D eigenvalue weighted by Gasteiger charge is -2.01. The smallest absolute Gasteiger partial charge is 0.342 e. The van der Waals surface area contributed by atoms with Gasteiger partial charge in [0.15, 0.2) is 5.82 Å². The van der Waals surface area contributed by atoms with Crippen LogP contribution < -0.4 is 0 Å². The van der Waals surface area contributed by atoms with Crippen molar-refractivity contribution in [3.05, 3.63) is 32.2 Å². The van der Waals surface area contributed by atoms with Gasteiger partial charge in [-0.1, -0.05) is 0 Å². The van der Waals surface area contributed by atoms with E-state index < -0.39 is 16.6 Å². The molecule has 0 aliphatic carbocycles. The number of nitrogens with zero attached hydrogens (tertiary/aromatic N) is 4. The Hall–Kier alpha value is -2.03. The molecule has 0 fully saturated rings. The van der Waals surface area contributed by atoms with Gasteiger partial charge in [-0.15, -0.1) is 0 Å². The average Bonchev–Trinajstić information content (AvgIpc) is 2.54. The molecule has 0 N–H and O–H groups in total. The Labute approximate surface area is 89.9 Å². The number of rotatable bonds is 6. The summed E-state index contributed by atoms with van der Waals surface area (Å²) in [5.74, 6) is 0.318. The highest BCUT2D eigenvalue weighted by atomic mass is 16.7. The molecule has 0 aliphatic heterocycles. The first-order valence-corrected chi connectivity index (χ1v) is 4.38. The summed E-state index contributed by atoms with van der Waals surface area (Å²) in [4.78, 5) is 23.1. The molecule has 9 heteroatoms. The molecule has 9 nitrogen and oxygen atoms in total. The van der Waals surface area contributed by atoms with Crippen LogP contribution in [0, 0.1) is 27.2 Å². The first-order valence-electron chi connectivity index (χ1n) is 4.38. The fourth-order valence-corrected chi connectivity index (χ4v) is 1.17. The van der Waals surface area contributed by atoms with Crippen molar-refractivity contribution in [1.82, 2.24) is 9.55 Å². The van der Waals surface area contributed by atoms with Crippen LogP contribution >= 0.6 is 0 Å². The number of aryl methyl sites for hydroxylation is 1. The second-order valence-electron chi connectivity index (χ2n) is 2.94. The Balaban J connectivity index is 2.56. The summed E-state index contributed by atoms with van der Waals surface area (Å²) in [6.07, 6.45) is 1.14. The molecule has 1 heterocycles. The summed E-state index contributed by atoms with van der Waals surface area (Å²) in [7, 11) is 0. The summed E-state index contributed by atoms with van der Waals surface area (Å²) in [6, 6.07) is 0. The standard InChI is InChI=1S/C7H10N4O5/c1-6-8-4-7(11(14)15)9(6)2-3-16-5-10(12)13/h4H,2-3,5H2,1H3. The highest BCUT2D eigenvalue weighted by molar-refractivity contribution is 5.18. The molecule has 16 heavy (non-hydrogen) atoms. The van der Waals surface area contributed by atoms with E-state index in [1.54, 1.807) is 6.92 Å². The third-order valence-electron chi connectivity index (χ3n) is 1.88. The van der Waals surface area contributed by atoms with Crippen molar-refractivity contribution in [2.75, 3.05) is 13.3 Å². The predicted octanol–water partition coefficient (Wildman–Crippen LogP) is 0.351. The molecule has 0 aromatic carbocycles. The minimum atomic E-state index is -0.616. The molecule has 0 amide bonds. The van der Waals surface area contributed by atoms with Crippen LogP contribution in [0.5, 0.6) is 0 Å². The average molecular weight is 230 g/mol. The van der Waals surface area contributed by atoms with Gasteiger partial charge >= 0.3 is 12.5 Å². The lowest BCUT2D eigenvalue weighted by atomic mass is 10.6. The molecule has 1 aromatic rings. The van der Waals surface area contributed by atoms with Crippen LogP contribution in [-0.2, 0) is 11.3 Å². The van der Waals surface area contributed by atoms with E-state index in [9.17, 15) is 20.2 Å². The van der Waals surface area contributed by atoms with Crippen molar-refractivity contribution >= 4 is 5.82 Å². The second kappa shape index (κ2) is 5.16. The van der Waals surface area contributed by atoms with E-state index >= 15 is 0 Å². The quantitative estimate of drug-likeness (QED) is 0.301. The van der Waals surface area contributed by atoms with Crippen molar-refractivity contribution in [1.29, 1.82) is 0 Å². The van der Waals surface area contributed by atoms with Gasteiger partial charge in [0.05, 0.1) is 6.61 Å². The molecule has 0 atom stereocenters. The van der Waals surface area contributed by atoms with Crippen LogP contribution in [0.3, 0.4) is 0 Å². The lowest BCUT2D eigenvalue weighted by Crippen LogP contribution is -2.13. The van der Waals surface area contributed by atoms with E-state index in [2.05, 4.69) is 9.72 Å². The summed E-state index contributed by atoms with van der Waals surface area (Å²) < 4.78 is 6.02. The number of nitro groups is 2. The minimum Gasteiger partial charge on any atom is -0.358 e. The van der Waals surface area contributed by atoms with Crippen LogP contribution in [0.2, 0.25) is 0 Å². The second-order valence-corrected chi connectivity index (χ2v) is 2.94. The summed E-state index contributed by atoms with van der Waals surface area (Å²) in [5, 5.41) is 20.5. The number of hydrogen-bond donors (Lipinski definition) is 0. The fraction of sp³-hybridized carbons (Fsp3) is 0.571. The predicted molar refractivity (Wildman–Crippen MR) is 51.4 cm³/mol. The molecule has 0 unspecified atom stereocenters. The van der Waals surface area contributed by atoms with Gasteiger partial charge in [0.1, 0.15) is 12.7 Å². The Bertz CT molecular complexity index is 401. The molecule has 0 saturated carbocycles. The summed E-state index contributed by atoms with van der Waals surface area (Å²) in [6.45, 7) is 1.19. The van der Waals surface area contributed by atoms with Gasteiger partial charge < -0.3 is 14.9 Å². The molecule has 88 valence electrons. The van der Waals surface area contributed by atoms with E-state index in [-0.39, 0.29) is 19.0 Å². The van der Waals surface area contributed by atoms with E-state index in [4.69, 9.17) is 0 Å². The molecular formula is C7H10N4O5. The van der Waals surface area contributed by atoms with Gasteiger partial charge in [-0.3, -0.25) is 10.1 Å². The summed E-state index contributed by atoms with van der Waals surface area (Å²) in [5.41, 5.74) is 0. The highest BCUT2D eigenvalue weighted by Crippen LogP contribution is 2.12. The Morgan fingerprint density at radius 1 is 1.50 bits per heavy atom. The molecule has 0 saturated heterocycles. The maximum Gasteiger partial charge on any atom is 0.342 e. The summed E-state index contributed by atoms with van der Waals surface area (Å²) >= 11 is 0. The van der Waals surface area contributed by atoms with Gasteiger partial charge in [0.25, 0.3) is 0 Å².